The van der Waals surface area contributed by atoms with E-state index in [1.807, 2.05) is 33.8 Å². The van der Waals surface area contributed by atoms with Crippen LogP contribution in [-0.4, -0.2) is 43.2 Å². The van der Waals surface area contributed by atoms with Crippen LogP contribution in [0.15, 0.2) is 30.5 Å². The number of carbonyl (C=O) groups excluding carboxylic acids is 2. The molecular weight excluding hydrogens is 412 g/mol. The number of hydrogen-bond donors (Lipinski definition) is 2. The third kappa shape index (κ3) is 3.93. The van der Waals surface area contributed by atoms with Gasteiger partial charge in [0.2, 0.25) is 0 Å². The van der Waals surface area contributed by atoms with E-state index in [0.29, 0.717) is 18.4 Å². The number of hydrogen-bond acceptors (Lipinski definition) is 6. The summed E-state index contributed by atoms with van der Waals surface area (Å²) in [5, 5.41) is 16.3. The van der Waals surface area contributed by atoms with Gasteiger partial charge in [0.1, 0.15) is 11.3 Å². The van der Waals surface area contributed by atoms with Crippen LogP contribution in [0.2, 0.25) is 0 Å². The maximum absolute atomic E-state index is 12.9. The number of carboxylic acid groups (broad SMARTS) is 1. The number of nitrogens with zero attached hydrogens (tertiary/aromatic N) is 3. The average Bonchev–Trinajstić information content (AvgIpc) is 3.33. The van der Waals surface area contributed by atoms with E-state index in [2.05, 4.69) is 15.4 Å². The lowest BCUT2D eigenvalue weighted by Crippen LogP contribution is -2.29. The first-order valence-electron chi connectivity index (χ1n) is 10.3. The zero-order chi connectivity index (χ0) is 23.2. The van der Waals surface area contributed by atoms with Gasteiger partial charge in [-0.15, -0.1) is 0 Å². The molecule has 0 saturated carbocycles. The van der Waals surface area contributed by atoms with Gasteiger partial charge >= 0.3 is 11.9 Å². The minimum absolute atomic E-state index is 0.00551. The Labute approximate surface area is 184 Å². The van der Waals surface area contributed by atoms with Crippen molar-refractivity contribution in [2.45, 2.75) is 52.2 Å². The van der Waals surface area contributed by atoms with E-state index in [0.717, 1.165) is 16.7 Å². The molecule has 9 heteroatoms. The number of amides is 1. The standard InChI is InChI=1S/C23H24N4O5/c1-12-13-7-8-16(15(13)6-5-14(12)22(31)32-23(2,3)4)26-20(28)17-11-18(21(29)30)27-19(25-17)9-10-24-27/h5-6,9-11,16H,7-8H2,1-4H3,(H,26,28)(H,29,30)/t16-/m0/s1. The second kappa shape index (κ2) is 7.74. The van der Waals surface area contributed by atoms with Crippen LogP contribution in [0.4, 0.5) is 0 Å². The molecule has 32 heavy (non-hydrogen) atoms. The number of nitrogens with one attached hydrogen (secondary N) is 1. The van der Waals surface area contributed by atoms with Crippen LogP contribution in [0.25, 0.3) is 5.65 Å². The molecule has 0 fully saturated rings. The Balaban J connectivity index is 1.59. The van der Waals surface area contributed by atoms with Gasteiger partial charge in [0, 0.05) is 12.1 Å². The number of fused-ring (bicyclic) bond motifs is 2. The molecule has 0 radical (unpaired) electrons. The van der Waals surface area contributed by atoms with Crippen molar-refractivity contribution in [2.24, 2.45) is 0 Å². The van der Waals surface area contributed by atoms with Crippen molar-refractivity contribution >= 4 is 23.5 Å². The quantitative estimate of drug-likeness (QED) is 0.603. The van der Waals surface area contributed by atoms with E-state index in [9.17, 15) is 19.5 Å². The fourth-order valence-corrected chi connectivity index (χ4v) is 4.00. The van der Waals surface area contributed by atoms with Crippen molar-refractivity contribution in [2.75, 3.05) is 0 Å². The van der Waals surface area contributed by atoms with Gasteiger partial charge in [-0.05, 0) is 63.3 Å². The summed E-state index contributed by atoms with van der Waals surface area (Å²) in [6.07, 6.45) is 2.80. The lowest BCUT2D eigenvalue weighted by molar-refractivity contribution is 0.00682. The van der Waals surface area contributed by atoms with Crippen LogP contribution in [0, 0.1) is 6.92 Å². The number of benzene rings is 1. The van der Waals surface area contributed by atoms with Crippen LogP contribution in [0.3, 0.4) is 0 Å². The first kappa shape index (κ1) is 21.5. The summed E-state index contributed by atoms with van der Waals surface area (Å²) in [6, 6.07) is 6.06. The molecule has 1 aliphatic rings. The summed E-state index contributed by atoms with van der Waals surface area (Å²) in [7, 11) is 0. The van der Waals surface area contributed by atoms with E-state index in [1.54, 1.807) is 6.07 Å². The molecule has 2 N–H and O–H groups in total. The minimum atomic E-state index is -1.20. The number of ether oxygens (including phenoxy) is 1. The maximum atomic E-state index is 12.9. The topological polar surface area (TPSA) is 123 Å². The lowest BCUT2D eigenvalue weighted by Gasteiger charge is -2.21. The molecular formula is C23H24N4O5. The zero-order valence-electron chi connectivity index (χ0n) is 18.3. The molecule has 1 atom stereocenters. The molecule has 0 saturated heterocycles. The first-order valence-corrected chi connectivity index (χ1v) is 10.3. The maximum Gasteiger partial charge on any atom is 0.354 e. The predicted molar refractivity (Wildman–Crippen MR) is 115 cm³/mol. The van der Waals surface area contributed by atoms with Crippen LogP contribution in [0.1, 0.15) is 81.3 Å². The Hall–Kier alpha value is -3.75. The van der Waals surface area contributed by atoms with Crippen molar-refractivity contribution in [1.82, 2.24) is 19.9 Å². The van der Waals surface area contributed by atoms with E-state index < -0.39 is 17.5 Å². The van der Waals surface area contributed by atoms with E-state index in [4.69, 9.17) is 4.74 Å². The summed E-state index contributed by atoms with van der Waals surface area (Å²) >= 11 is 0. The van der Waals surface area contributed by atoms with Gasteiger partial charge in [-0.1, -0.05) is 6.07 Å². The molecule has 1 amide bonds. The Morgan fingerprint density at radius 1 is 1.22 bits per heavy atom. The third-order valence-corrected chi connectivity index (χ3v) is 5.43. The predicted octanol–water partition coefficient (Wildman–Crippen LogP) is 3.11. The number of carbonyl (C=O) groups is 3. The lowest BCUT2D eigenvalue weighted by atomic mass is 9.97. The van der Waals surface area contributed by atoms with Crippen LogP contribution < -0.4 is 5.32 Å². The van der Waals surface area contributed by atoms with Gasteiger partial charge in [-0.2, -0.15) is 5.10 Å². The number of carboxylic acids is 1. The van der Waals surface area contributed by atoms with Crippen molar-refractivity contribution in [1.29, 1.82) is 0 Å². The zero-order valence-corrected chi connectivity index (χ0v) is 18.3. The van der Waals surface area contributed by atoms with Crippen molar-refractivity contribution in [3.05, 3.63) is 64.1 Å². The minimum Gasteiger partial charge on any atom is -0.477 e. The molecule has 4 rings (SSSR count). The number of esters is 1. The number of aromatic carboxylic acids is 1. The normalized spacial score (nSPS) is 15.4. The van der Waals surface area contributed by atoms with Gasteiger partial charge in [0.15, 0.2) is 11.3 Å². The van der Waals surface area contributed by atoms with Gasteiger partial charge in [-0.3, -0.25) is 4.79 Å². The number of aromatic nitrogens is 3. The molecule has 0 unspecified atom stereocenters. The van der Waals surface area contributed by atoms with Crippen molar-refractivity contribution < 1.29 is 24.2 Å². The summed E-state index contributed by atoms with van der Waals surface area (Å²) in [5.41, 5.74) is 2.87. The molecule has 166 valence electrons. The fourth-order valence-electron chi connectivity index (χ4n) is 4.00. The highest BCUT2D eigenvalue weighted by molar-refractivity contribution is 5.96. The SMILES string of the molecule is Cc1c(C(=O)OC(C)(C)C)ccc2c1CC[C@@H]2NC(=O)c1cc(C(=O)O)n2nccc2n1. The Bertz CT molecular complexity index is 1260. The van der Waals surface area contributed by atoms with Crippen LogP contribution in [0.5, 0.6) is 0 Å². The monoisotopic (exact) mass is 436 g/mol. The highest BCUT2D eigenvalue weighted by Crippen LogP contribution is 2.35. The summed E-state index contributed by atoms with van der Waals surface area (Å²) < 4.78 is 6.67. The van der Waals surface area contributed by atoms with E-state index >= 15 is 0 Å². The molecule has 1 aliphatic carbocycles. The van der Waals surface area contributed by atoms with Gasteiger partial charge in [0.05, 0.1) is 17.8 Å². The molecule has 0 bridgehead atoms. The molecule has 2 heterocycles. The van der Waals surface area contributed by atoms with E-state index in [1.165, 1.54) is 22.8 Å². The second-order valence-corrected chi connectivity index (χ2v) is 8.81. The Kier molecular flexibility index (Phi) is 5.20. The molecule has 2 aromatic heterocycles. The summed E-state index contributed by atoms with van der Waals surface area (Å²) in [5.74, 6) is -2.04. The highest BCUT2D eigenvalue weighted by atomic mass is 16.6. The Morgan fingerprint density at radius 2 is 1.97 bits per heavy atom. The van der Waals surface area contributed by atoms with Crippen LogP contribution >= 0.6 is 0 Å². The average molecular weight is 436 g/mol. The largest absolute Gasteiger partial charge is 0.477 e. The highest BCUT2D eigenvalue weighted by Gasteiger charge is 2.29. The molecule has 3 aromatic rings. The smallest absolute Gasteiger partial charge is 0.354 e. The summed E-state index contributed by atoms with van der Waals surface area (Å²) in [6.45, 7) is 7.36. The van der Waals surface area contributed by atoms with Crippen molar-refractivity contribution in [3.63, 3.8) is 0 Å². The van der Waals surface area contributed by atoms with Crippen molar-refractivity contribution in [3.8, 4) is 0 Å². The Morgan fingerprint density at radius 3 is 2.66 bits per heavy atom. The molecule has 0 aliphatic heterocycles. The van der Waals surface area contributed by atoms with Crippen LogP contribution in [-0.2, 0) is 11.2 Å². The second-order valence-electron chi connectivity index (χ2n) is 8.81. The third-order valence-electron chi connectivity index (χ3n) is 5.43. The molecule has 0 spiro atoms. The molecule has 9 nitrogen and oxygen atoms in total. The fraction of sp³-hybridized carbons (Fsp3) is 0.348. The van der Waals surface area contributed by atoms with E-state index in [-0.39, 0.29) is 29.0 Å². The van der Waals surface area contributed by atoms with Gasteiger partial charge < -0.3 is 15.2 Å². The first-order chi connectivity index (χ1) is 15.0. The summed E-state index contributed by atoms with van der Waals surface area (Å²) in [4.78, 5) is 41.2. The molecule has 1 aromatic carbocycles. The number of rotatable bonds is 4. The van der Waals surface area contributed by atoms with Gasteiger partial charge in [0.25, 0.3) is 5.91 Å². The van der Waals surface area contributed by atoms with Gasteiger partial charge in [-0.25, -0.2) is 19.1 Å².